The number of nitrogens with one attached hydrogen (secondary N) is 3. The first kappa shape index (κ1) is 15.6. The molecule has 1 aromatic heterocycles. The van der Waals surface area contributed by atoms with E-state index in [0.717, 1.165) is 37.1 Å². The van der Waals surface area contributed by atoms with Gasteiger partial charge in [0.2, 0.25) is 5.91 Å². The first-order chi connectivity index (χ1) is 11.3. The molecule has 1 fully saturated rings. The van der Waals surface area contributed by atoms with Crippen molar-refractivity contribution < 1.29 is 4.79 Å². The van der Waals surface area contributed by atoms with Crippen LogP contribution in [0, 0.1) is 0 Å². The number of carbonyl (C=O) groups excluding carboxylic acids is 1. The van der Waals surface area contributed by atoms with Crippen LogP contribution in [0.2, 0.25) is 0 Å². The number of hydrogen-bond donors (Lipinski definition) is 3. The third-order valence-corrected chi connectivity index (χ3v) is 4.46. The SMILES string of the molecule is O=C(NNCc1ccccc1)C1(c2ccncc2)CCNCC1. The highest BCUT2D eigenvalue weighted by Crippen LogP contribution is 2.33. The lowest BCUT2D eigenvalue weighted by molar-refractivity contribution is -0.129. The number of rotatable bonds is 5. The Morgan fingerprint density at radius 2 is 1.78 bits per heavy atom. The molecular weight excluding hydrogens is 288 g/mol. The van der Waals surface area contributed by atoms with Gasteiger partial charge in [0.1, 0.15) is 0 Å². The molecule has 0 aliphatic carbocycles. The van der Waals surface area contributed by atoms with Crippen LogP contribution in [0.3, 0.4) is 0 Å². The van der Waals surface area contributed by atoms with E-state index in [1.807, 2.05) is 42.5 Å². The molecule has 5 heteroatoms. The zero-order valence-corrected chi connectivity index (χ0v) is 13.1. The Hall–Kier alpha value is -2.24. The van der Waals surface area contributed by atoms with Crippen LogP contribution < -0.4 is 16.2 Å². The zero-order valence-electron chi connectivity index (χ0n) is 13.1. The van der Waals surface area contributed by atoms with Crippen LogP contribution in [-0.2, 0) is 16.8 Å². The van der Waals surface area contributed by atoms with E-state index < -0.39 is 5.41 Å². The summed E-state index contributed by atoms with van der Waals surface area (Å²) in [4.78, 5) is 17.0. The molecule has 2 heterocycles. The van der Waals surface area contributed by atoms with Gasteiger partial charge in [-0.1, -0.05) is 30.3 Å². The number of benzene rings is 1. The fourth-order valence-corrected chi connectivity index (χ4v) is 3.11. The second-order valence-corrected chi connectivity index (χ2v) is 5.86. The van der Waals surface area contributed by atoms with Crippen LogP contribution in [-0.4, -0.2) is 24.0 Å². The molecule has 1 aromatic carbocycles. The molecule has 0 saturated carbocycles. The average molecular weight is 310 g/mol. The first-order valence-electron chi connectivity index (χ1n) is 8.00. The lowest BCUT2D eigenvalue weighted by atomic mass is 9.73. The van der Waals surface area contributed by atoms with Gasteiger partial charge in [-0.15, -0.1) is 0 Å². The number of amides is 1. The van der Waals surface area contributed by atoms with Crippen LogP contribution in [0.4, 0.5) is 0 Å². The highest BCUT2D eigenvalue weighted by atomic mass is 16.2. The maximum atomic E-state index is 12.9. The zero-order chi connectivity index (χ0) is 16.0. The van der Waals surface area contributed by atoms with Gasteiger partial charge in [0.15, 0.2) is 0 Å². The molecule has 23 heavy (non-hydrogen) atoms. The van der Waals surface area contributed by atoms with Crippen LogP contribution in [0.25, 0.3) is 0 Å². The van der Waals surface area contributed by atoms with Crippen molar-refractivity contribution >= 4 is 5.91 Å². The normalized spacial score (nSPS) is 16.7. The number of aromatic nitrogens is 1. The molecule has 1 amide bonds. The van der Waals surface area contributed by atoms with E-state index >= 15 is 0 Å². The van der Waals surface area contributed by atoms with Crippen molar-refractivity contribution in [1.29, 1.82) is 0 Å². The number of hydrogen-bond acceptors (Lipinski definition) is 4. The van der Waals surface area contributed by atoms with Crippen LogP contribution in [0.1, 0.15) is 24.0 Å². The summed E-state index contributed by atoms with van der Waals surface area (Å²) in [7, 11) is 0. The number of hydrazine groups is 1. The van der Waals surface area contributed by atoms with E-state index in [1.54, 1.807) is 12.4 Å². The van der Waals surface area contributed by atoms with Crippen molar-refractivity contribution in [3.05, 3.63) is 66.0 Å². The quantitative estimate of drug-likeness (QED) is 0.733. The molecule has 0 radical (unpaired) electrons. The third-order valence-electron chi connectivity index (χ3n) is 4.46. The van der Waals surface area contributed by atoms with Crippen molar-refractivity contribution in [1.82, 2.24) is 21.2 Å². The highest BCUT2D eigenvalue weighted by molar-refractivity contribution is 5.88. The monoisotopic (exact) mass is 310 g/mol. The molecule has 5 nitrogen and oxygen atoms in total. The molecular formula is C18H22N4O. The summed E-state index contributed by atoms with van der Waals surface area (Å²) >= 11 is 0. The lowest BCUT2D eigenvalue weighted by Gasteiger charge is -2.36. The third kappa shape index (κ3) is 3.57. The summed E-state index contributed by atoms with van der Waals surface area (Å²) in [5.74, 6) is 0.0288. The van der Waals surface area contributed by atoms with E-state index in [-0.39, 0.29) is 5.91 Å². The first-order valence-corrected chi connectivity index (χ1v) is 8.00. The molecule has 0 bridgehead atoms. The van der Waals surface area contributed by atoms with Gasteiger partial charge in [-0.2, -0.15) is 0 Å². The maximum absolute atomic E-state index is 12.9. The summed E-state index contributed by atoms with van der Waals surface area (Å²) in [6.45, 7) is 2.29. The Kier molecular flexibility index (Phi) is 5.00. The molecule has 3 rings (SSSR count). The van der Waals surface area contributed by atoms with Gasteiger partial charge in [-0.05, 0) is 49.2 Å². The van der Waals surface area contributed by atoms with Crippen LogP contribution >= 0.6 is 0 Å². The molecule has 3 N–H and O–H groups in total. The standard InChI is InChI=1S/C18H22N4O/c23-17(22-21-14-15-4-2-1-3-5-15)18(8-12-20-13-9-18)16-6-10-19-11-7-16/h1-7,10-11,20-21H,8-9,12-14H2,(H,22,23). The Morgan fingerprint density at radius 3 is 2.48 bits per heavy atom. The van der Waals surface area contributed by atoms with E-state index in [4.69, 9.17) is 0 Å². The molecule has 0 unspecified atom stereocenters. The summed E-state index contributed by atoms with van der Waals surface area (Å²) in [5, 5.41) is 3.33. The predicted octanol–water partition coefficient (Wildman–Crippen LogP) is 1.52. The largest absolute Gasteiger partial charge is 0.317 e. The minimum absolute atomic E-state index is 0.0288. The summed E-state index contributed by atoms with van der Waals surface area (Å²) < 4.78 is 0. The van der Waals surface area contributed by atoms with Crippen molar-refractivity contribution in [3.63, 3.8) is 0 Å². The van der Waals surface area contributed by atoms with Gasteiger partial charge in [0.25, 0.3) is 0 Å². The number of nitrogens with zero attached hydrogens (tertiary/aromatic N) is 1. The van der Waals surface area contributed by atoms with Gasteiger partial charge in [-0.3, -0.25) is 15.2 Å². The Labute approximate surface area is 136 Å². The fraction of sp³-hybridized carbons (Fsp3) is 0.333. The minimum Gasteiger partial charge on any atom is -0.317 e. The van der Waals surface area contributed by atoms with Gasteiger partial charge < -0.3 is 5.32 Å². The number of carbonyl (C=O) groups is 1. The fourth-order valence-electron chi connectivity index (χ4n) is 3.11. The van der Waals surface area contributed by atoms with Crippen LogP contribution in [0.15, 0.2) is 54.9 Å². The minimum atomic E-state index is -0.488. The van der Waals surface area contributed by atoms with Crippen molar-refractivity contribution in [2.75, 3.05) is 13.1 Å². The second kappa shape index (κ2) is 7.35. The van der Waals surface area contributed by atoms with Gasteiger partial charge in [0.05, 0.1) is 5.41 Å². The van der Waals surface area contributed by atoms with E-state index in [2.05, 4.69) is 21.2 Å². The van der Waals surface area contributed by atoms with E-state index in [1.165, 1.54) is 0 Å². The topological polar surface area (TPSA) is 66.0 Å². The molecule has 2 aromatic rings. The average Bonchev–Trinajstić information content (AvgIpc) is 2.64. The highest BCUT2D eigenvalue weighted by Gasteiger charge is 2.41. The van der Waals surface area contributed by atoms with Gasteiger partial charge in [0, 0.05) is 18.9 Å². The Bertz CT molecular complexity index is 624. The smallest absolute Gasteiger partial charge is 0.244 e. The number of piperidine rings is 1. The van der Waals surface area contributed by atoms with Gasteiger partial charge in [-0.25, -0.2) is 5.43 Å². The van der Waals surface area contributed by atoms with E-state index in [9.17, 15) is 4.79 Å². The van der Waals surface area contributed by atoms with Crippen molar-refractivity contribution in [2.24, 2.45) is 0 Å². The summed E-state index contributed by atoms with van der Waals surface area (Å²) in [5.41, 5.74) is 7.64. The van der Waals surface area contributed by atoms with Crippen molar-refractivity contribution in [3.8, 4) is 0 Å². The summed E-state index contributed by atoms with van der Waals surface area (Å²) in [6.07, 6.45) is 5.08. The molecule has 1 saturated heterocycles. The Balaban J connectivity index is 1.69. The van der Waals surface area contributed by atoms with E-state index in [0.29, 0.717) is 6.54 Å². The Morgan fingerprint density at radius 1 is 1.09 bits per heavy atom. The molecule has 1 aliphatic rings. The van der Waals surface area contributed by atoms with Gasteiger partial charge >= 0.3 is 0 Å². The van der Waals surface area contributed by atoms with Crippen LogP contribution in [0.5, 0.6) is 0 Å². The number of pyridine rings is 1. The molecule has 0 atom stereocenters. The molecule has 120 valence electrons. The predicted molar refractivity (Wildman–Crippen MR) is 89.4 cm³/mol. The maximum Gasteiger partial charge on any atom is 0.244 e. The molecule has 0 spiro atoms. The molecule has 1 aliphatic heterocycles. The second-order valence-electron chi connectivity index (χ2n) is 5.86. The lowest BCUT2D eigenvalue weighted by Crippen LogP contribution is -2.53. The summed E-state index contributed by atoms with van der Waals surface area (Å²) in [6, 6.07) is 13.9. The van der Waals surface area contributed by atoms with Crippen molar-refractivity contribution in [2.45, 2.75) is 24.8 Å².